The number of morpholine rings is 1. The molecule has 0 spiro atoms. The molecule has 1 saturated heterocycles. The molecule has 0 bridgehead atoms. The third kappa shape index (κ3) is 4.78. The second-order valence-corrected chi connectivity index (χ2v) is 5.06. The Bertz CT molecular complexity index is 195. The molecule has 0 saturated carbocycles. The summed E-state index contributed by atoms with van der Waals surface area (Å²) in [5.41, 5.74) is -0.0171. The van der Waals surface area contributed by atoms with E-state index < -0.39 is 0 Å². The maximum atomic E-state index is 5.67. The fourth-order valence-corrected chi connectivity index (χ4v) is 1.86. The van der Waals surface area contributed by atoms with Crippen molar-refractivity contribution in [3.63, 3.8) is 0 Å². The standard InChI is InChI=1S/C12H26N2O2/c1-12(2,15-4)5-6-14-7-8-16-11(10-14)9-13-3/h11,13H,5-10H2,1-4H3. The monoisotopic (exact) mass is 230 g/mol. The van der Waals surface area contributed by atoms with Crippen LogP contribution in [0.5, 0.6) is 0 Å². The molecule has 96 valence electrons. The van der Waals surface area contributed by atoms with Crippen molar-refractivity contribution >= 4 is 0 Å². The number of methoxy groups -OCH3 is 1. The Balaban J connectivity index is 2.26. The highest BCUT2D eigenvalue weighted by Gasteiger charge is 2.22. The van der Waals surface area contributed by atoms with E-state index in [1.807, 2.05) is 7.05 Å². The van der Waals surface area contributed by atoms with Gasteiger partial charge in [-0.3, -0.25) is 4.90 Å². The van der Waals surface area contributed by atoms with Gasteiger partial charge in [-0.2, -0.15) is 0 Å². The number of likely N-dealkylation sites (N-methyl/N-ethyl adjacent to an activating group) is 1. The molecule has 1 fully saturated rings. The summed E-state index contributed by atoms with van der Waals surface area (Å²) in [5, 5.41) is 3.17. The number of rotatable bonds is 6. The Kier molecular flexibility index (Phi) is 5.69. The molecule has 0 amide bonds. The van der Waals surface area contributed by atoms with Crippen LogP contribution in [0.15, 0.2) is 0 Å². The van der Waals surface area contributed by atoms with Gasteiger partial charge < -0.3 is 14.8 Å². The molecule has 16 heavy (non-hydrogen) atoms. The highest BCUT2D eigenvalue weighted by atomic mass is 16.5. The first-order chi connectivity index (χ1) is 7.57. The smallest absolute Gasteiger partial charge is 0.0826 e. The lowest BCUT2D eigenvalue weighted by molar-refractivity contribution is -0.0408. The lowest BCUT2D eigenvalue weighted by Crippen LogP contribution is -2.47. The third-order valence-corrected chi connectivity index (χ3v) is 3.24. The summed E-state index contributed by atoms with van der Waals surface area (Å²) in [7, 11) is 3.75. The summed E-state index contributed by atoms with van der Waals surface area (Å²) in [6, 6.07) is 0. The van der Waals surface area contributed by atoms with Gasteiger partial charge in [0, 0.05) is 33.3 Å². The number of hydrogen-bond acceptors (Lipinski definition) is 4. The van der Waals surface area contributed by atoms with E-state index in [0.717, 1.165) is 39.2 Å². The molecule has 1 rings (SSSR count). The highest BCUT2D eigenvalue weighted by molar-refractivity contribution is 4.76. The second kappa shape index (κ2) is 6.55. The largest absolute Gasteiger partial charge is 0.379 e. The Labute approximate surface area is 99.3 Å². The van der Waals surface area contributed by atoms with Crippen LogP contribution in [0.4, 0.5) is 0 Å². The normalized spacial score (nSPS) is 23.6. The van der Waals surface area contributed by atoms with Crippen molar-refractivity contribution in [3.8, 4) is 0 Å². The highest BCUT2D eigenvalue weighted by Crippen LogP contribution is 2.15. The van der Waals surface area contributed by atoms with E-state index in [0.29, 0.717) is 6.10 Å². The van der Waals surface area contributed by atoms with Gasteiger partial charge in [-0.1, -0.05) is 0 Å². The second-order valence-electron chi connectivity index (χ2n) is 5.06. The predicted molar refractivity (Wildman–Crippen MR) is 65.8 cm³/mol. The fourth-order valence-electron chi connectivity index (χ4n) is 1.86. The van der Waals surface area contributed by atoms with Crippen molar-refractivity contribution in [2.75, 3.05) is 46.9 Å². The van der Waals surface area contributed by atoms with Crippen molar-refractivity contribution in [1.29, 1.82) is 0 Å². The Hall–Kier alpha value is -0.160. The Morgan fingerprint density at radius 3 is 2.88 bits per heavy atom. The van der Waals surface area contributed by atoms with E-state index in [-0.39, 0.29) is 5.60 Å². The third-order valence-electron chi connectivity index (χ3n) is 3.24. The van der Waals surface area contributed by atoms with Crippen LogP contribution in [-0.2, 0) is 9.47 Å². The van der Waals surface area contributed by atoms with Crippen LogP contribution >= 0.6 is 0 Å². The zero-order valence-electron chi connectivity index (χ0n) is 11.1. The van der Waals surface area contributed by atoms with Crippen LogP contribution in [0.3, 0.4) is 0 Å². The van der Waals surface area contributed by atoms with Gasteiger partial charge >= 0.3 is 0 Å². The van der Waals surface area contributed by atoms with Crippen LogP contribution in [0, 0.1) is 0 Å². The number of ether oxygens (including phenoxy) is 2. The number of hydrogen-bond donors (Lipinski definition) is 1. The first-order valence-electron chi connectivity index (χ1n) is 6.11. The summed E-state index contributed by atoms with van der Waals surface area (Å²) >= 11 is 0. The molecule has 4 heteroatoms. The summed E-state index contributed by atoms with van der Waals surface area (Å²) in [4.78, 5) is 2.46. The van der Waals surface area contributed by atoms with Gasteiger partial charge in [0.2, 0.25) is 0 Å². The van der Waals surface area contributed by atoms with Crippen molar-refractivity contribution in [2.24, 2.45) is 0 Å². The van der Waals surface area contributed by atoms with Gasteiger partial charge in [-0.15, -0.1) is 0 Å². The zero-order chi connectivity index (χ0) is 12.0. The fraction of sp³-hybridized carbons (Fsp3) is 1.00. The molecule has 1 N–H and O–H groups in total. The van der Waals surface area contributed by atoms with Crippen LogP contribution < -0.4 is 5.32 Å². The molecule has 0 aromatic heterocycles. The van der Waals surface area contributed by atoms with Crippen LogP contribution in [0.25, 0.3) is 0 Å². The molecule has 0 aromatic carbocycles. The Morgan fingerprint density at radius 1 is 1.50 bits per heavy atom. The average molecular weight is 230 g/mol. The van der Waals surface area contributed by atoms with E-state index in [2.05, 4.69) is 24.1 Å². The average Bonchev–Trinajstić information content (AvgIpc) is 2.28. The van der Waals surface area contributed by atoms with Gasteiger partial charge in [0.25, 0.3) is 0 Å². The number of nitrogens with zero attached hydrogens (tertiary/aromatic N) is 1. The molecule has 0 radical (unpaired) electrons. The van der Waals surface area contributed by atoms with Crippen molar-refractivity contribution in [2.45, 2.75) is 32.0 Å². The molecule has 0 aliphatic carbocycles. The summed E-state index contributed by atoms with van der Waals surface area (Å²) in [5.74, 6) is 0. The lowest BCUT2D eigenvalue weighted by Gasteiger charge is -2.34. The predicted octanol–water partition coefficient (Wildman–Crippen LogP) is 0.722. The van der Waals surface area contributed by atoms with Crippen LogP contribution in [0.1, 0.15) is 20.3 Å². The van der Waals surface area contributed by atoms with Gasteiger partial charge in [0.1, 0.15) is 0 Å². The maximum absolute atomic E-state index is 5.67. The molecule has 1 heterocycles. The molecule has 0 aromatic rings. The summed E-state index contributed by atoms with van der Waals surface area (Å²) in [6.07, 6.45) is 1.40. The first-order valence-corrected chi connectivity index (χ1v) is 6.11. The van der Waals surface area contributed by atoms with Crippen molar-refractivity contribution in [1.82, 2.24) is 10.2 Å². The summed E-state index contributed by atoms with van der Waals surface area (Å²) in [6.45, 7) is 9.21. The minimum atomic E-state index is -0.0171. The zero-order valence-corrected chi connectivity index (χ0v) is 11.1. The van der Waals surface area contributed by atoms with Crippen LogP contribution in [-0.4, -0.2) is 63.5 Å². The molecule has 4 nitrogen and oxygen atoms in total. The summed E-state index contributed by atoms with van der Waals surface area (Å²) < 4.78 is 11.1. The minimum absolute atomic E-state index is 0.0171. The van der Waals surface area contributed by atoms with E-state index in [1.165, 1.54) is 0 Å². The minimum Gasteiger partial charge on any atom is -0.379 e. The molecule has 1 aliphatic rings. The van der Waals surface area contributed by atoms with Gasteiger partial charge in [-0.05, 0) is 27.3 Å². The van der Waals surface area contributed by atoms with E-state index in [9.17, 15) is 0 Å². The van der Waals surface area contributed by atoms with E-state index >= 15 is 0 Å². The maximum Gasteiger partial charge on any atom is 0.0826 e. The number of nitrogens with one attached hydrogen (secondary N) is 1. The van der Waals surface area contributed by atoms with Crippen molar-refractivity contribution < 1.29 is 9.47 Å². The van der Waals surface area contributed by atoms with Gasteiger partial charge in [-0.25, -0.2) is 0 Å². The lowest BCUT2D eigenvalue weighted by atomic mass is 10.0. The van der Waals surface area contributed by atoms with Gasteiger partial charge in [0.15, 0.2) is 0 Å². The SMILES string of the molecule is CNCC1CN(CCC(C)(C)OC)CCO1. The topological polar surface area (TPSA) is 33.7 Å². The van der Waals surface area contributed by atoms with Crippen molar-refractivity contribution in [3.05, 3.63) is 0 Å². The van der Waals surface area contributed by atoms with Gasteiger partial charge in [0.05, 0.1) is 18.3 Å². The first kappa shape index (κ1) is 13.9. The van der Waals surface area contributed by atoms with Crippen LogP contribution in [0.2, 0.25) is 0 Å². The van der Waals surface area contributed by atoms with E-state index in [1.54, 1.807) is 7.11 Å². The molecule has 1 aliphatic heterocycles. The molecule has 1 unspecified atom stereocenters. The molecular formula is C12H26N2O2. The Morgan fingerprint density at radius 2 is 2.25 bits per heavy atom. The molecular weight excluding hydrogens is 204 g/mol. The van der Waals surface area contributed by atoms with E-state index in [4.69, 9.17) is 9.47 Å². The molecule has 1 atom stereocenters. The quantitative estimate of drug-likeness (QED) is 0.729.